The zero-order valence-electron chi connectivity index (χ0n) is 19.2. The molecule has 1 aliphatic carbocycles. The van der Waals surface area contributed by atoms with Gasteiger partial charge in [0.2, 0.25) is 21.9 Å². The maximum atomic E-state index is 14.9. The molecule has 2 N–H and O–H groups in total. The Kier molecular flexibility index (Phi) is 7.20. The number of sulfonamides is 1. The van der Waals surface area contributed by atoms with Crippen molar-refractivity contribution in [1.82, 2.24) is 25.3 Å². The largest absolute Gasteiger partial charge is 0.477 e. The Morgan fingerprint density at radius 3 is 2.69 bits per heavy atom. The topological polar surface area (TPSA) is 136 Å². The predicted molar refractivity (Wildman–Crippen MR) is 127 cm³/mol. The van der Waals surface area contributed by atoms with Gasteiger partial charge in [-0.2, -0.15) is 0 Å². The smallest absolute Gasteiger partial charge is 0.254 e. The lowest BCUT2D eigenvalue weighted by Gasteiger charge is -2.17. The number of rotatable bonds is 10. The van der Waals surface area contributed by atoms with Crippen LogP contribution >= 0.6 is 0 Å². The van der Waals surface area contributed by atoms with Gasteiger partial charge in [-0.05, 0) is 44.4 Å². The molecule has 10 nitrogen and oxygen atoms in total. The fourth-order valence-electron chi connectivity index (χ4n) is 3.39. The van der Waals surface area contributed by atoms with E-state index in [0.29, 0.717) is 48.7 Å². The molecule has 1 atom stereocenters. The van der Waals surface area contributed by atoms with Crippen molar-refractivity contribution in [2.75, 3.05) is 11.3 Å². The molecule has 1 fully saturated rings. The van der Waals surface area contributed by atoms with Crippen molar-refractivity contribution in [2.45, 2.75) is 44.4 Å². The molecular weight excluding hydrogens is 475 g/mol. The van der Waals surface area contributed by atoms with Crippen LogP contribution in [0.3, 0.4) is 0 Å². The molecule has 3 aromatic rings. The quantitative estimate of drug-likeness (QED) is 0.433. The number of nitrogens with zero attached hydrogens (tertiary/aromatic N) is 4. The first-order chi connectivity index (χ1) is 16.8. The van der Waals surface area contributed by atoms with Gasteiger partial charge in [0.25, 0.3) is 5.91 Å². The number of ether oxygens (including phenoxy) is 1. The van der Waals surface area contributed by atoms with Crippen LogP contribution in [0.4, 0.5) is 10.3 Å². The molecule has 1 saturated carbocycles. The van der Waals surface area contributed by atoms with Crippen LogP contribution in [0.2, 0.25) is 0 Å². The van der Waals surface area contributed by atoms with Crippen LogP contribution in [-0.2, 0) is 10.0 Å². The normalized spacial score (nSPS) is 14.3. The average molecular weight is 501 g/mol. The molecule has 35 heavy (non-hydrogen) atoms. The van der Waals surface area contributed by atoms with E-state index in [1.54, 1.807) is 12.1 Å². The van der Waals surface area contributed by atoms with Crippen LogP contribution in [-0.4, -0.2) is 46.1 Å². The van der Waals surface area contributed by atoms with Gasteiger partial charge in [-0.3, -0.25) is 14.5 Å². The molecule has 0 aliphatic heterocycles. The third kappa shape index (κ3) is 5.88. The number of hydrogen-bond donors (Lipinski definition) is 2. The van der Waals surface area contributed by atoms with Crippen LogP contribution in [0.1, 0.15) is 55.2 Å². The zero-order valence-corrected chi connectivity index (χ0v) is 20.0. The van der Waals surface area contributed by atoms with Gasteiger partial charge in [-0.25, -0.2) is 27.8 Å². The van der Waals surface area contributed by atoms with Gasteiger partial charge in [0.05, 0.1) is 47.2 Å². The lowest BCUT2D eigenvalue weighted by Crippen LogP contribution is -2.30. The number of benzene rings is 1. The SMILES string of the molecule is CCOc1cncc(-c2ccc(C(=O)NC(CC)c3ccnc(NS(=O)(=O)C4CC4)n3)c(F)c2)n1. The van der Waals surface area contributed by atoms with Crippen molar-refractivity contribution in [3.8, 4) is 17.1 Å². The van der Waals surface area contributed by atoms with Crippen molar-refractivity contribution in [3.05, 3.63) is 59.9 Å². The Bertz CT molecular complexity index is 1330. The van der Waals surface area contributed by atoms with Gasteiger partial charge in [-0.15, -0.1) is 0 Å². The van der Waals surface area contributed by atoms with E-state index in [0.717, 1.165) is 0 Å². The average Bonchev–Trinajstić information content (AvgIpc) is 3.69. The molecule has 1 aromatic carbocycles. The van der Waals surface area contributed by atoms with Crippen LogP contribution < -0.4 is 14.8 Å². The molecule has 0 radical (unpaired) electrons. The number of hydrogen-bond acceptors (Lipinski definition) is 8. The maximum absolute atomic E-state index is 14.9. The van der Waals surface area contributed by atoms with E-state index in [1.807, 2.05) is 13.8 Å². The van der Waals surface area contributed by atoms with E-state index in [2.05, 4.69) is 30.0 Å². The van der Waals surface area contributed by atoms with Crippen molar-refractivity contribution in [3.63, 3.8) is 0 Å². The highest BCUT2D eigenvalue weighted by molar-refractivity contribution is 7.93. The molecule has 0 saturated heterocycles. The van der Waals surface area contributed by atoms with Crippen molar-refractivity contribution < 1.29 is 22.3 Å². The number of halogens is 1. The van der Waals surface area contributed by atoms with E-state index in [-0.39, 0.29) is 11.5 Å². The second-order valence-corrected chi connectivity index (χ2v) is 9.92. The first-order valence-electron chi connectivity index (χ1n) is 11.2. The number of nitrogens with one attached hydrogen (secondary N) is 2. The zero-order chi connectivity index (χ0) is 25.0. The number of carbonyl (C=O) groups excluding carboxylic acids is 1. The number of anilines is 1. The molecule has 184 valence electrons. The lowest BCUT2D eigenvalue weighted by molar-refractivity contribution is 0.0930. The monoisotopic (exact) mass is 500 g/mol. The Morgan fingerprint density at radius 2 is 2.00 bits per heavy atom. The highest BCUT2D eigenvalue weighted by Gasteiger charge is 2.36. The summed E-state index contributed by atoms with van der Waals surface area (Å²) in [5.74, 6) is -1.09. The fourth-order valence-corrected chi connectivity index (χ4v) is 4.67. The Labute approximate surface area is 202 Å². The van der Waals surface area contributed by atoms with Gasteiger partial charge in [-0.1, -0.05) is 13.0 Å². The van der Waals surface area contributed by atoms with Gasteiger partial charge in [0.15, 0.2) is 0 Å². The van der Waals surface area contributed by atoms with Gasteiger partial charge in [0, 0.05) is 11.8 Å². The van der Waals surface area contributed by atoms with E-state index in [1.165, 1.54) is 30.7 Å². The highest BCUT2D eigenvalue weighted by Crippen LogP contribution is 2.29. The van der Waals surface area contributed by atoms with Crippen molar-refractivity contribution in [1.29, 1.82) is 0 Å². The summed E-state index contributed by atoms with van der Waals surface area (Å²) >= 11 is 0. The van der Waals surface area contributed by atoms with Crippen LogP contribution in [0, 0.1) is 5.82 Å². The summed E-state index contributed by atoms with van der Waals surface area (Å²) < 4.78 is 46.9. The van der Waals surface area contributed by atoms with Crippen LogP contribution in [0.25, 0.3) is 11.3 Å². The molecule has 0 bridgehead atoms. The molecule has 2 heterocycles. The van der Waals surface area contributed by atoms with Crippen molar-refractivity contribution >= 4 is 21.9 Å². The maximum Gasteiger partial charge on any atom is 0.254 e. The summed E-state index contributed by atoms with van der Waals surface area (Å²) in [6, 6.07) is 5.16. The molecule has 12 heteroatoms. The van der Waals surface area contributed by atoms with Crippen LogP contribution in [0.15, 0.2) is 42.9 Å². The number of aromatic nitrogens is 4. The summed E-state index contributed by atoms with van der Waals surface area (Å²) in [6.45, 7) is 4.06. The standard InChI is InChI=1S/C23H25FN6O4S/c1-3-18(19-9-10-26-23(29-19)30-35(32,33)15-6-7-15)28-22(31)16-8-5-14(11-17(16)24)20-12-25-13-21(27-20)34-4-2/h5,8-13,15,18H,3-4,6-7H2,1-2H3,(H,28,31)(H,26,29,30). The molecule has 4 rings (SSSR count). The van der Waals surface area contributed by atoms with E-state index < -0.39 is 33.0 Å². The van der Waals surface area contributed by atoms with Crippen LogP contribution in [0.5, 0.6) is 5.88 Å². The molecular formula is C23H25FN6O4S. The summed E-state index contributed by atoms with van der Waals surface area (Å²) in [5.41, 5.74) is 1.12. The summed E-state index contributed by atoms with van der Waals surface area (Å²) in [4.78, 5) is 29.4. The summed E-state index contributed by atoms with van der Waals surface area (Å²) in [7, 11) is -3.52. The number of carbonyl (C=O) groups is 1. The van der Waals surface area contributed by atoms with Crippen molar-refractivity contribution in [2.24, 2.45) is 0 Å². The molecule has 1 amide bonds. The Balaban J connectivity index is 1.49. The van der Waals surface area contributed by atoms with Gasteiger partial charge < -0.3 is 10.1 Å². The fraction of sp³-hybridized carbons (Fsp3) is 0.348. The minimum absolute atomic E-state index is 0.0620. The van der Waals surface area contributed by atoms with E-state index >= 15 is 0 Å². The predicted octanol–water partition coefficient (Wildman–Crippen LogP) is 3.26. The Hall–Kier alpha value is -3.67. The Morgan fingerprint density at radius 1 is 1.20 bits per heavy atom. The number of amides is 1. The summed E-state index contributed by atoms with van der Waals surface area (Å²) in [6.07, 6.45) is 6.01. The first kappa shape index (κ1) is 24.5. The molecule has 1 unspecified atom stereocenters. The minimum Gasteiger partial charge on any atom is -0.477 e. The lowest BCUT2D eigenvalue weighted by atomic mass is 10.1. The minimum atomic E-state index is -3.52. The molecule has 2 aromatic heterocycles. The molecule has 1 aliphatic rings. The van der Waals surface area contributed by atoms with E-state index in [9.17, 15) is 17.6 Å². The second kappa shape index (κ2) is 10.3. The van der Waals surface area contributed by atoms with Gasteiger partial charge >= 0.3 is 0 Å². The third-order valence-electron chi connectivity index (χ3n) is 5.36. The molecule has 0 spiro atoms. The highest BCUT2D eigenvalue weighted by atomic mass is 32.2. The first-order valence-corrected chi connectivity index (χ1v) is 12.8. The summed E-state index contributed by atoms with van der Waals surface area (Å²) in [5, 5.41) is 2.33. The third-order valence-corrected chi connectivity index (χ3v) is 7.17. The second-order valence-electron chi connectivity index (χ2n) is 7.96. The van der Waals surface area contributed by atoms with E-state index in [4.69, 9.17) is 4.74 Å². The van der Waals surface area contributed by atoms with Gasteiger partial charge in [0.1, 0.15) is 5.82 Å².